The molecule has 0 N–H and O–H groups in total. The van der Waals surface area contributed by atoms with Gasteiger partial charge < -0.3 is 19.1 Å². The molecule has 26 heavy (non-hydrogen) atoms. The Kier molecular flexibility index (Phi) is 5.56. The lowest BCUT2D eigenvalue weighted by Gasteiger charge is -2.26. The quantitative estimate of drug-likeness (QED) is 0.769. The molecule has 0 bridgehead atoms. The molecule has 1 unspecified atom stereocenters. The van der Waals surface area contributed by atoms with E-state index in [9.17, 15) is 9.18 Å². The standard InChI is InChI=1S/C19H20FNO4S/c1-23-15-9-17(25-3)16(24-2)8-14(15)19-21(18(22)11-26-19)10-12-4-6-13(20)7-5-12/h4-9,19H,10-11H2,1-3H3. The van der Waals surface area contributed by atoms with E-state index >= 15 is 0 Å². The first-order valence-corrected chi connectivity index (χ1v) is 9.07. The summed E-state index contributed by atoms with van der Waals surface area (Å²) in [6.07, 6.45) is 0. The number of carbonyl (C=O) groups is 1. The second-order valence-corrected chi connectivity index (χ2v) is 6.83. The zero-order valence-electron chi connectivity index (χ0n) is 14.8. The van der Waals surface area contributed by atoms with Crippen molar-refractivity contribution in [3.8, 4) is 17.2 Å². The van der Waals surface area contributed by atoms with Crippen LogP contribution >= 0.6 is 11.8 Å². The normalized spacial score (nSPS) is 16.7. The fourth-order valence-electron chi connectivity index (χ4n) is 2.91. The van der Waals surface area contributed by atoms with Crippen molar-refractivity contribution in [3.63, 3.8) is 0 Å². The summed E-state index contributed by atoms with van der Waals surface area (Å²) in [6, 6.07) is 9.77. The van der Waals surface area contributed by atoms with Gasteiger partial charge in [-0.3, -0.25) is 4.79 Å². The molecule has 1 heterocycles. The summed E-state index contributed by atoms with van der Waals surface area (Å²) in [5.74, 6) is 1.87. The molecule has 3 rings (SSSR count). The van der Waals surface area contributed by atoms with Crippen molar-refractivity contribution in [2.75, 3.05) is 27.1 Å². The molecule has 1 atom stereocenters. The molecule has 2 aromatic carbocycles. The third-order valence-electron chi connectivity index (χ3n) is 4.24. The predicted octanol–water partition coefficient (Wildman–Crippen LogP) is 3.63. The average molecular weight is 377 g/mol. The highest BCUT2D eigenvalue weighted by Gasteiger charge is 2.35. The average Bonchev–Trinajstić information content (AvgIpc) is 3.02. The molecule has 1 amide bonds. The number of amides is 1. The number of hydrogen-bond acceptors (Lipinski definition) is 5. The Bertz CT molecular complexity index is 797. The van der Waals surface area contributed by atoms with E-state index in [1.165, 1.54) is 23.9 Å². The van der Waals surface area contributed by atoms with Crippen molar-refractivity contribution in [2.45, 2.75) is 11.9 Å². The van der Waals surface area contributed by atoms with E-state index in [4.69, 9.17) is 14.2 Å². The molecule has 7 heteroatoms. The maximum Gasteiger partial charge on any atom is 0.234 e. The molecule has 0 spiro atoms. The van der Waals surface area contributed by atoms with Crippen LogP contribution in [0.4, 0.5) is 4.39 Å². The number of benzene rings is 2. The minimum absolute atomic E-state index is 0.0289. The fraction of sp³-hybridized carbons (Fsp3) is 0.316. The number of hydrogen-bond donors (Lipinski definition) is 0. The summed E-state index contributed by atoms with van der Waals surface area (Å²) in [5.41, 5.74) is 1.70. The lowest BCUT2D eigenvalue weighted by atomic mass is 10.1. The van der Waals surface area contributed by atoms with Gasteiger partial charge >= 0.3 is 0 Å². The zero-order chi connectivity index (χ0) is 18.7. The van der Waals surface area contributed by atoms with Crippen molar-refractivity contribution in [1.82, 2.24) is 4.90 Å². The van der Waals surface area contributed by atoms with E-state index in [1.54, 1.807) is 44.4 Å². The van der Waals surface area contributed by atoms with Gasteiger partial charge in [0.15, 0.2) is 11.5 Å². The summed E-state index contributed by atoms with van der Waals surface area (Å²) >= 11 is 1.52. The van der Waals surface area contributed by atoms with E-state index in [-0.39, 0.29) is 17.1 Å². The number of halogens is 1. The number of thioether (sulfide) groups is 1. The Labute approximate surface area is 156 Å². The van der Waals surface area contributed by atoms with Crippen molar-refractivity contribution in [3.05, 3.63) is 53.3 Å². The maximum atomic E-state index is 13.1. The Morgan fingerprint density at radius 3 is 2.27 bits per heavy atom. The van der Waals surface area contributed by atoms with Gasteiger partial charge in [0.2, 0.25) is 5.91 Å². The van der Waals surface area contributed by atoms with Gasteiger partial charge in [-0.05, 0) is 23.8 Å². The Hall–Kier alpha value is -2.41. The van der Waals surface area contributed by atoms with E-state index < -0.39 is 0 Å². The summed E-state index contributed by atoms with van der Waals surface area (Å²) in [7, 11) is 4.71. The second-order valence-electron chi connectivity index (χ2n) is 5.76. The SMILES string of the molecule is COc1cc(OC)c(C2SCC(=O)N2Cc2ccc(F)cc2)cc1OC. The van der Waals surface area contributed by atoms with Crippen molar-refractivity contribution < 1.29 is 23.4 Å². The first-order valence-electron chi connectivity index (χ1n) is 8.02. The smallest absolute Gasteiger partial charge is 0.234 e. The highest BCUT2D eigenvalue weighted by Crippen LogP contribution is 2.46. The maximum absolute atomic E-state index is 13.1. The van der Waals surface area contributed by atoms with Crippen molar-refractivity contribution >= 4 is 17.7 Å². The predicted molar refractivity (Wildman–Crippen MR) is 98.2 cm³/mol. The summed E-state index contributed by atoms with van der Waals surface area (Å²) in [6.45, 7) is 0.397. The molecule has 138 valence electrons. The van der Waals surface area contributed by atoms with E-state index in [0.29, 0.717) is 29.5 Å². The number of carbonyl (C=O) groups excluding carboxylic acids is 1. The summed E-state index contributed by atoms with van der Waals surface area (Å²) in [4.78, 5) is 14.2. The Morgan fingerprint density at radius 1 is 1.04 bits per heavy atom. The lowest BCUT2D eigenvalue weighted by Crippen LogP contribution is -2.28. The molecular formula is C19H20FNO4S. The number of nitrogens with zero attached hydrogens (tertiary/aromatic N) is 1. The van der Waals surface area contributed by atoms with Crippen molar-refractivity contribution in [1.29, 1.82) is 0 Å². The van der Waals surface area contributed by atoms with Gasteiger partial charge in [0.05, 0.1) is 27.1 Å². The van der Waals surface area contributed by atoms with Crippen LogP contribution in [0.15, 0.2) is 36.4 Å². The lowest BCUT2D eigenvalue weighted by molar-refractivity contribution is -0.128. The van der Waals surface area contributed by atoms with E-state index in [1.807, 2.05) is 6.07 Å². The van der Waals surface area contributed by atoms with Crippen LogP contribution in [0.3, 0.4) is 0 Å². The van der Waals surface area contributed by atoms with Crippen LogP contribution in [0, 0.1) is 5.82 Å². The highest BCUT2D eigenvalue weighted by molar-refractivity contribution is 8.00. The van der Waals surface area contributed by atoms with E-state index in [2.05, 4.69) is 0 Å². The van der Waals surface area contributed by atoms with Gasteiger partial charge in [0.1, 0.15) is 16.9 Å². The van der Waals surface area contributed by atoms with Gasteiger partial charge in [-0.1, -0.05) is 12.1 Å². The van der Waals surface area contributed by atoms with Crippen LogP contribution in [0.25, 0.3) is 0 Å². The number of methoxy groups -OCH3 is 3. The molecule has 1 saturated heterocycles. The largest absolute Gasteiger partial charge is 0.496 e. The van der Waals surface area contributed by atoms with Gasteiger partial charge in [-0.25, -0.2) is 4.39 Å². The topological polar surface area (TPSA) is 48.0 Å². The highest BCUT2D eigenvalue weighted by atomic mass is 32.2. The Balaban J connectivity index is 1.95. The van der Waals surface area contributed by atoms with Gasteiger partial charge in [-0.15, -0.1) is 11.8 Å². The molecule has 0 aliphatic carbocycles. The molecule has 0 aromatic heterocycles. The fourth-order valence-corrected chi connectivity index (χ4v) is 4.12. The van der Waals surface area contributed by atoms with Crippen LogP contribution < -0.4 is 14.2 Å². The molecule has 5 nitrogen and oxygen atoms in total. The molecular weight excluding hydrogens is 357 g/mol. The second kappa shape index (κ2) is 7.86. The van der Waals surface area contributed by atoms with Crippen LogP contribution in [0.5, 0.6) is 17.2 Å². The van der Waals surface area contributed by atoms with Gasteiger partial charge in [0.25, 0.3) is 0 Å². The molecule has 0 saturated carbocycles. The monoisotopic (exact) mass is 377 g/mol. The van der Waals surface area contributed by atoms with Crippen LogP contribution in [-0.4, -0.2) is 37.9 Å². The zero-order valence-corrected chi connectivity index (χ0v) is 15.6. The minimum Gasteiger partial charge on any atom is -0.496 e. The molecule has 1 aliphatic heterocycles. The molecule has 1 fully saturated rings. The first kappa shape index (κ1) is 18.4. The third-order valence-corrected chi connectivity index (χ3v) is 5.47. The third kappa shape index (κ3) is 3.58. The van der Waals surface area contributed by atoms with Crippen LogP contribution in [0.1, 0.15) is 16.5 Å². The van der Waals surface area contributed by atoms with Crippen LogP contribution in [0.2, 0.25) is 0 Å². The first-order chi connectivity index (χ1) is 12.6. The number of ether oxygens (including phenoxy) is 3. The minimum atomic E-state index is -0.297. The summed E-state index contributed by atoms with van der Waals surface area (Å²) < 4.78 is 29.4. The Morgan fingerprint density at radius 2 is 1.65 bits per heavy atom. The molecule has 0 radical (unpaired) electrons. The molecule has 1 aliphatic rings. The van der Waals surface area contributed by atoms with E-state index in [0.717, 1.165) is 11.1 Å². The van der Waals surface area contributed by atoms with Gasteiger partial charge in [0, 0.05) is 18.2 Å². The van der Waals surface area contributed by atoms with Gasteiger partial charge in [-0.2, -0.15) is 0 Å². The molecule has 2 aromatic rings. The summed E-state index contributed by atoms with van der Waals surface area (Å²) in [5, 5.41) is -0.220. The number of rotatable bonds is 6. The van der Waals surface area contributed by atoms with Crippen LogP contribution in [-0.2, 0) is 11.3 Å². The van der Waals surface area contributed by atoms with Crippen molar-refractivity contribution in [2.24, 2.45) is 0 Å².